The quantitative estimate of drug-likeness (QED) is 0.206. The molecule has 13 nitrogen and oxygen atoms in total. The predicted molar refractivity (Wildman–Crippen MR) is 104 cm³/mol. The lowest BCUT2D eigenvalue weighted by molar-refractivity contribution is -0.371. The van der Waals surface area contributed by atoms with Crippen LogP contribution in [0.1, 0.15) is 20.8 Å². The molecular weight excluding hydrogens is 434 g/mol. The molecule has 3 heterocycles. The molecule has 0 radical (unpaired) electrons. The second kappa shape index (κ2) is 10.4. The van der Waals surface area contributed by atoms with Gasteiger partial charge in [-0.15, -0.1) is 0 Å². The highest BCUT2D eigenvalue weighted by Crippen LogP contribution is 2.32. The Morgan fingerprint density at radius 3 is 1.69 bits per heavy atom. The Kier molecular flexibility index (Phi) is 8.48. The van der Waals surface area contributed by atoms with Crippen LogP contribution in [0.5, 0.6) is 0 Å². The molecule has 0 saturated carbocycles. The highest BCUT2D eigenvalue weighted by Gasteiger charge is 2.52. The van der Waals surface area contributed by atoms with Gasteiger partial charge in [-0.3, -0.25) is 0 Å². The van der Waals surface area contributed by atoms with Crippen molar-refractivity contribution in [3.8, 4) is 0 Å². The zero-order valence-corrected chi connectivity index (χ0v) is 18.4. The Bertz CT molecular complexity index is 601. The normalized spacial score (nSPS) is 55.0. The van der Waals surface area contributed by atoms with Gasteiger partial charge in [-0.1, -0.05) is 0 Å². The smallest absolute Gasteiger partial charge is 0.187 e. The molecule has 3 rings (SSSR count). The number of nitrogens with two attached hydrogens (primary N) is 1. The van der Waals surface area contributed by atoms with Crippen LogP contribution in [0, 0.1) is 0 Å². The molecule has 0 bridgehead atoms. The molecule has 3 aliphatic heterocycles. The lowest BCUT2D eigenvalue weighted by Gasteiger charge is -2.48. The van der Waals surface area contributed by atoms with E-state index in [1.54, 1.807) is 6.92 Å². The molecule has 15 atom stereocenters. The number of aliphatic hydroxyl groups excluding tert-OH is 6. The van der Waals surface area contributed by atoms with Gasteiger partial charge in [0.05, 0.1) is 24.4 Å². The Hall–Kier alpha value is -0.520. The first kappa shape index (κ1) is 26.1. The second-order valence-electron chi connectivity index (χ2n) is 8.58. The SMILES string of the molecule is CO[C@@H]1[C@@H](O[C@@H]2[C@@H](O)[C@H](C)O[C@@H](O[C@@H]3[C@@H](O)[C@H](C)O[C@@H](O)[C@@H]3O)[C@@H]2O)O[C@@H](C)[C@H](N)[C@H]1O. The molecule has 0 aromatic carbocycles. The first-order valence-corrected chi connectivity index (χ1v) is 10.6. The van der Waals surface area contributed by atoms with E-state index in [1.807, 2.05) is 0 Å². The summed E-state index contributed by atoms with van der Waals surface area (Å²) < 4.78 is 32.9. The Balaban J connectivity index is 1.75. The predicted octanol–water partition coefficient (Wildman–Crippen LogP) is -3.87. The number of aliphatic hydroxyl groups is 6. The van der Waals surface area contributed by atoms with Crippen LogP contribution in [0.25, 0.3) is 0 Å². The standard InChI is InChI=1S/C19H35NO12/c1-5-8(20)11(23)16(27-4)19(29-5)32-15-10(22)7(3)30-18(13(15)25)31-14-9(21)6(2)28-17(26)12(14)24/h5-19,21-26H,20H2,1-4H3/t5-,6-,7-,8-,9-,10-,11+,12+,13+,14+,15+,16-,17+,18-,19+/m0/s1. The van der Waals surface area contributed by atoms with E-state index in [0.717, 1.165) is 0 Å². The first-order valence-electron chi connectivity index (χ1n) is 10.6. The Labute approximate surface area is 185 Å². The van der Waals surface area contributed by atoms with Gasteiger partial charge < -0.3 is 64.8 Å². The van der Waals surface area contributed by atoms with Gasteiger partial charge in [0.2, 0.25) is 0 Å². The zero-order valence-electron chi connectivity index (χ0n) is 18.4. The van der Waals surface area contributed by atoms with Gasteiger partial charge in [0.1, 0.15) is 48.8 Å². The molecule has 3 saturated heterocycles. The molecule has 0 aromatic rings. The maximum atomic E-state index is 10.8. The topological polar surface area (TPSA) is 203 Å². The van der Waals surface area contributed by atoms with Crippen molar-refractivity contribution in [2.75, 3.05) is 7.11 Å². The van der Waals surface area contributed by atoms with Crippen molar-refractivity contribution in [2.45, 2.75) is 113 Å². The van der Waals surface area contributed by atoms with E-state index < -0.39 is 92.1 Å². The third kappa shape index (κ3) is 4.95. The van der Waals surface area contributed by atoms with Gasteiger partial charge in [0.15, 0.2) is 18.9 Å². The summed E-state index contributed by atoms with van der Waals surface area (Å²) in [6.45, 7) is 4.64. The first-order chi connectivity index (χ1) is 15.0. The van der Waals surface area contributed by atoms with Gasteiger partial charge in [0.25, 0.3) is 0 Å². The lowest BCUT2D eigenvalue weighted by atomic mass is 9.96. The molecule has 0 amide bonds. The molecule has 0 unspecified atom stereocenters. The van der Waals surface area contributed by atoms with Crippen LogP contribution in [0.4, 0.5) is 0 Å². The third-order valence-corrected chi connectivity index (χ3v) is 6.33. The van der Waals surface area contributed by atoms with Gasteiger partial charge in [-0.05, 0) is 20.8 Å². The van der Waals surface area contributed by atoms with Crippen LogP contribution in [0.3, 0.4) is 0 Å². The van der Waals surface area contributed by atoms with Gasteiger partial charge in [-0.2, -0.15) is 0 Å². The molecule has 0 aliphatic carbocycles. The van der Waals surface area contributed by atoms with Crippen molar-refractivity contribution in [3.05, 3.63) is 0 Å². The maximum Gasteiger partial charge on any atom is 0.187 e. The monoisotopic (exact) mass is 469 g/mol. The molecule has 3 aliphatic rings. The minimum Gasteiger partial charge on any atom is -0.388 e. The molecule has 0 aromatic heterocycles. The average molecular weight is 469 g/mol. The number of hydrogen-bond donors (Lipinski definition) is 7. The van der Waals surface area contributed by atoms with Gasteiger partial charge in [-0.25, -0.2) is 0 Å². The summed E-state index contributed by atoms with van der Waals surface area (Å²) in [5.41, 5.74) is 5.91. The van der Waals surface area contributed by atoms with Crippen molar-refractivity contribution in [1.82, 2.24) is 0 Å². The second-order valence-corrected chi connectivity index (χ2v) is 8.58. The number of methoxy groups -OCH3 is 1. The lowest BCUT2D eigenvalue weighted by Crippen LogP contribution is -2.66. The zero-order chi connectivity index (χ0) is 23.9. The number of rotatable bonds is 5. The highest BCUT2D eigenvalue weighted by molar-refractivity contribution is 4.95. The van der Waals surface area contributed by atoms with E-state index in [0.29, 0.717) is 0 Å². The van der Waals surface area contributed by atoms with Crippen LogP contribution in [-0.2, 0) is 28.4 Å². The summed E-state index contributed by atoms with van der Waals surface area (Å²) in [6.07, 6.45) is -17.2. The molecule has 8 N–H and O–H groups in total. The van der Waals surface area contributed by atoms with Crippen molar-refractivity contribution in [1.29, 1.82) is 0 Å². The molecule has 0 spiro atoms. The van der Waals surface area contributed by atoms with Gasteiger partial charge >= 0.3 is 0 Å². The van der Waals surface area contributed by atoms with Crippen LogP contribution in [0.15, 0.2) is 0 Å². The minimum atomic E-state index is -1.62. The largest absolute Gasteiger partial charge is 0.388 e. The minimum absolute atomic E-state index is 0.601. The van der Waals surface area contributed by atoms with Crippen LogP contribution in [-0.4, -0.2) is 130 Å². The Morgan fingerprint density at radius 1 is 0.594 bits per heavy atom. The molecule has 188 valence electrons. The summed E-state index contributed by atoms with van der Waals surface area (Å²) in [7, 11) is 1.34. The summed E-state index contributed by atoms with van der Waals surface area (Å²) in [4.78, 5) is 0. The van der Waals surface area contributed by atoms with Crippen molar-refractivity contribution < 1.29 is 59.1 Å². The van der Waals surface area contributed by atoms with E-state index in [1.165, 1.54) is 21.0 Å². The number of hydrogen-bond acceptors (Lipinski definition) is 13. The maximum absolute atomic E-state index is 10.8. The number of ether oxygens (including phenoxy) is 6. The van der Waals surface area contributed by atoms with E-state index in [2.05, 4.69) is 0 Å². The Morgan fingerprint density at radius 2 is 1.09 bits per heavy atom. The van der Waals surface area contributed by atoms with E-state index in [-0.39, 0.29) is 0 Å². The molecule has 32 heavy (non-hydrogen) atoms. The van der Waals surface area contributed by atoms with Crippen molar-refractivity contribution in [2.24, 2.45) is 5.73 Å². The van der Waals surface area contributed by atoms with E-state index in [4.69, 9.17) is 34.2 Å². The van der Waals surface area contributed by atoms with Crippen LogP contribution in [0.2, 0.25) is 0 Å². The summed E-state index contributed by atoms with van der Waals surface area (Å²) in [6, 6.07) is -0.732. The van der Waals surface area contributed by atoms with E-state index in [9.17, 15) is 30.6 Å². The summed E-state index contributed by atoms with van der Waals surface area (Å²) in [5, 5.41) is 62.2. The molecular formula is C19H35NO12. The fraction of sp³-hybridized carbons (Fsp3) is 1.00. The van der Waals surface area contributed by atoms with E-state index >= 15 is 0 Å². The van der Waals surface area contributed by atoms with Crippen LogP contribution < -0.4 is 5.73 Å². The summed E-state index contributed by atoms with van der Waals surface area (Å²) in [5.74, 6) is 0. The summed E-state index contributed by atoms with van der Waals surface area (Å²) >= 11 is 0. The fourth-order valence-corrected chi connectivity index (χ4v) is 4.15. The molecule has 13 heteroatoms. The molecule has 3 fully saturated rings. The van der Waals surface area contributed by atoms with Crippen molar-refractivity contribution in [3.63, 3.8) is 0 Å². The fourth-order valence-electron chi connectivity index (χ4n) is 4.15. The average Bonchev–Trinajstić information content (AvgIpc) is 2.74. The van der Waals surface area contributed by atoms with Crippen LogP contribution >= 0.6 is 0 Å². The third-order valence-electron chi connectivity index (χ3n) is 6.33. The highest BCUT2D eigenvalue weighted by atomic mass is 16.7. The van der Waals surface area contributed by atoms with Crippen molar-refractivity contribution >= 4 is 0 Å². The van der Waals surface area contributed by atoms with Gasteiger partial charge in [0, 0.05) is 7.11 Å².